The van der Waals surface area contributed by atoms with Gasteiger partial charge in [0.2, 0.25) is 5.91 Å². The van der Waals surface area contributed by atoms with Crippen LogP contribution < -0.4 is 10.1 Å². The number of ether oxygens (including phenoxy) is 1. The van der Waals surface area contributed by atoms with Crippen molar-refractivity contribution in [3.8, 4) is 5.75 Å². The molecule has 0 unspecified atom stereocenters. The fourth-order valence-corrected chi connectivity index (χ4v) is 12.7. The maximum absolute atomic E-state index is 14.4. The summed E-state index contributed by atoms with van der Waals surface area (Å²) in [5.74, 6) is 1.79. The Morgan fingerprint density at radius 3 is 2.38 bits per heavy atom. The summed E-state index contributed by atoms with van der Waals surface area (Å²) in [5.41, 5.74) is 1.64. The molecule has 4 nitrogen and oxygen atoms in total. The summed E-state index contributed by atoms with van der Waals surface area (Å²) < 4.78 is 42.6. The van der Waals surface area contributed by atoms with E-state index in [0.717, 1.165) is 51.4 Å². The molecule has 7 heteroatoms. The Hall–Kier alpha value is -2.02. The highest BCUT2D eigenvalue weighted by atomic mass is 19.4. The molecular weight excluding hydrogens is 575 g/mol. The molecule has 1 aromatic rings. The van der Waals surface area contributed by atoms with Gasteiger partial charge in [0.25, 0.3) is 0 Å². The first kappa shape index (κ1) is 32.9. The summed E-state index contributed by atoms with van der Waals surface area (Å²) in [7, 11) is 0. The van der Waals surface area contributed by atoms with E-state index >= 15 is 0 Å². The number of rotatable bonds is 5. The molecule has 250 valence electrons. The van der Waals surface area contributed by atoms with E-state index in [1.807, 2.05) is 0 Å². The molecule has 0 saturated heterocycles. The van der Waals surface area contributed by atoms with Gasteiger partial charge < -0.3 is 15.2 Å². The number of hydrogen-bond donors (Lipinski definition) is 2. The number of carbonyl (C=O) groups is 1. The molecule has 6 rings (SSSR count). The zero-order valence-electron chi connectivity index (χ0n) is 28.2. The van der Waals surface area contributed by atoms with Crippen molar-refractivity contribution in [3.05, 3.63) is 42.0 Å². The molecule has 2 N–H and O–H groups in total. The Kier molecular flexibility index (Phi) is 7.86. The number of fused-ring (bicyclic) bond motifs is 7. The van der Waals surface area contributed by atoms with Crippen molar-refractivity contribution >= 4 is 5.91 Å². The highest BCUT2D eigenvalue weighted by molar-refractivity contribution is 5.84. The third-order valence-electron chi connectivity index (χ3n) is 15.1. The number of nitrogens with one attached hydrogen (secondary N) is 1. The topological polar surface area (TPSA) is 58.6 Å². The number of aliphatic hydroxyl groups excluding tert-OH is 1. The maximum atomic E-state index is 14.4. The summed E-state index contributed by atoms with van der Waals surface area (Å²) in [6.45, 7) is 19.0. The number of alkyl halides is 3. The lowest BCUT2D eigenvalue weighted by atomic mass is 9.32. The van der Waals surface area contributed by atoms with Crippen molar-refractivity contribution in [1.29, 1.82) is 0 Å². The minimum absolute atomic E-state index is 0.0476. The zero-order valence-corrected chi connectivity index (χ0v) is 28.2. The van der Waals surface area contributed by atoms with E-state index in [9.17, 15) is 23.1 Å². The Morgan fingerprint density at radius 2 is 1.69 bits per heavy atom. The maximum Gasteiger partial charge on any atom is 0.573 e. The van der Waals surface area contributed by atoms with Gasteiger partial charge in [0.1, 0.15) is 5.75 Å². The monoisotopic (exact) mass is 629 g/mol. The Labute approximate surface area is 268 Å². The normalized spacial score (nSPS) is 43.7. The van der Waals surface area contributed by atoms with Gasteiger partial charge >= 0.3 is 6.36 Å². The van der Waals surface area contributed by atoms with Crippen LogP contribution >= 0.6 is 0 Å². The zero-order chi connectivity index (χ0) is 32.8. The number of hydrogen-bond acceptors (Lipinski definition) is 3. The molecule has 1 amide bonds. The molecule has 0 aromatic heterocycles. The predicted octanol–water partition coefficient (Wildman–Crippen LogP) is 9.22. The van der Waals surface area contributed by atoms with E-state index < -0.39 is 11.8 Å². The van der Waals surface area contributed by atoms with Gasteiger partial charge in [-0.2, -0.15) is 0 Å². The summed E-state index contributed by atoms with van der Waals surface area (Å²) in [5, 5.41) is 14.2. The molecule has 0 radical (unpaired) electrons. The SMILES string of the molecule is C=C(C)[C@@H]1CC[C@]2(C(=O)NCc3cccc(OC(F)(F)F)c3)CC[C@]3(C)[C@H](CC[C@@H]4[C@@]5(C)CC[C@H](O)C(C)(C)[C@@H]5CC[C@]43C)[C@@H]12. The molecule has 5 fully saturated rings. The van der Waals surface area contributed by atoms with Crippen LogP contribution in [0.5, 0.6) is 5.75 Å². The number of allylic oxidation sites excluding steroid dienone is 1. The predicted molar refractivity (Wildman–Crippen MR) is 170 cm³/mol. The Balaban J connectivity index is 1.28. The fourth-order valence-electron chi connectivity index (χ4n) is 12.7. The standard InChI is InChI=1S/C38H54F3NO3/c1-23(2)26-13-18-37(32(44)42-22-24-9-8-10-25(21-24)45-38(39,40)41)20-19-35(6)27(31(26)37)11-12-29-34(5)16-15-30(43)33(3,4)28(34)14-17-36(29,35)7/h8-10,21,26-31,43H,1,11-20,22H2,2-7H3,(H,42,44)/t26-,27+,28-,29+,30-,31+,34-,35+,36+,37-/m0/s1. The summed E-state index contributed by atoms with van der Waals surface area (Å²) in [6.07, 6.45) is 5.20. The van der Waals surface area contributed by atoms with Crippen LogP contribution in [0.1, 0.15) is 111 Å². The number of benzene rings is 1. The van der Waals surface area contributed by atoms with Crippen LogP contribution in [0.3, 0.4) is 0 Å². The second kappa shape index (κ2) is 10.8. The molecule has 5 aliphatic carbocycles. The molecule has 0 bridgehead atoms. The summed E-state index contributed by atoms with van der Waals surface area (Å²) in [4.78, 5) is 14.4. The van der Waals surface area contributed by atoms with Crippen LogP contribution in [0.4, 0.5) is 13.2 Å². The molecule has 0 heterocycles. The highest BCUT2D eigenvalue weighted by Gasteiger charge is 2.71. The van der Waals surface area contributed by atoms with Gasteiger partial charge in [0.05, 0.1) is 11.5 Å². The van der Waals surface area contributed by atoms with Crippen molar-refractivity contribution in [1.82, 2.24) is 5.32 Å². The van der Waals surface area contributed by atoms with Crippen LogP contribution in [0.2, 0.25) is 0 Å². The first-order valence-corrected chi connectivity index (χ1v) is 17.4. The highest BCUT2D eigenvalue weighted by Crippen LogP contribution is 2.77. The lowest BCUT2D eigenvalue weighted by molar-refractivity contribution is -0.274. The van der Waals surface area contributed by atoms with Crippen molar-refractivity contribution in [3.63, 3.8) is 0 Å². The number of carbonyl (C=O) groups excluding carboxylic acids is 1. The first-order valence-electron chi connectivity index (χ1n) is 17.4. The second-order valence-corrected chi connectivity index (χ2v) is 17.1. The van der Waals surface area contributed by atoms with Gasteiger partial charge in [-0.3, -0.25) is 4.79 Å². The van der Waals surface area contributed by atoms with Crippen LogP contribution in [0.25, 0.3) is 0 Å². The van der Waals surface area contributed by atoms with Crippen LogP contribution in [-0.4, -0.2) is 23.5 Å². The summed E-state index contributed by atoms with van der Waals surface area (Å²) >= 11 is 0. The number of amides is 1. The quantitative estimate of drug-likeness (QED) is 0.319. The van der Waals surface area contributed by atoms with Gasteiger partial charge in [-0.05, 0) is 140 Å². The lowest BCUT2D eigenvalue weighted by Crippen LogP contribution is -2.67. The van der Waals surface area contributed by atoms with Crippen molar-refractivity contribution in [2.24, 2.45) is 56.7 Å². The number of aliphatic hydroxyl groups is 1. The second-order valence-electron chi connectivity index (χ2n) is 17.1. The Bertz CT molecular complexity index is 1340. The molecule has 5 saturated carbocycles. The third kappa shape index (κ3) is 4.90. The molecule has 0 spiro atoms. The molecule has 5 aliphatic rings. The van der Waals surface area contributed by atoms with Gasteiger partial charge in [0, 0.05) is 6.54 Å². The third-order valence-corrected chi connectivity index (χ3v) is 15.1. The van der Waals surface area contributed by atoms with Gasteiger partial charge in [-0.25, -0.2) is 0 Å². The average molecular weight is 630 g/mol. The minimum atomic E-state index is -4.76. The van der Waals surface area contributed by atoms with E-state index in [-0.39, 0.29) is 51.9 Å². The molecular formula is C38H54F3NO3. The van der Waals surface area contributed by atoms with E-state index in [0.29, 0.717) is 29.2 Å². The van der Waals surface area contributed by atoms with E-state index in [1.54, 1.807) is 6.07 Å². The van der Waals surface area contributed by atoms with Gasteiger partial charge in [-0.15, -0.1) is 13.2 Å². The number of halogens is 3. The van der Waals surface area contributed by atoms with Crippen molar-refractivity contribution < 1.29 is 27.8 Å². The van der Waals surface area contributed by atoms with Crippen molar-refractivity contribution in [2.75, 3.05) is 0 Å². The molecule has 10 atom stereocenters. The molecule has 45 heavy (non-hydrogen) atoms. The molecule has 0 aliphatic heterocycles. The average Bonchev–Trinajstić information content (AvgIpc) is 3.35. The van der Waals surface area contributed by atoms with Crippen LogP contribution in [-0.2, 0) is 11.3 Å². The minimum Gasteiger partial charge on any atom is -0.406 e. The molecule has 1 aromatic carbocycles. The van der Waals surface area contributed by atoms with Gasteiger partial charge in [-0.1, -0.05) is 58.9 Å². The van der Waals surface area contributed by atoms with Crippen LogP contribution in [0.15, 0.2) is 36.4 Å². The largest absolute Gasteiger partial charge is 0.573 e. The van der Waals surface area contributed by atoms with E-state index in [4.69, 9.17) is 0 Å². The smallest absolute Gasteiger partial charge is 0.406 e. The fraction of sp³-hybridized carbons (Fsp3) is 0.763. The first-order chi connectivity index (χ1) is 20.9. The van der Waals surface area contributed by atoms with Crippen LogP contribution in [0, 0.1) is 56.7 Å². The van der Waals surface area contributed by atoms with E-state index in [1.165, 1.54) is 36.6 Å². The summed E-state index contributed by atoms with van der Waals surface area (Å²) in [6, 6.07) is 5.90. The lowest BCUT2D eigenvalue weighted by Gasteiger charge is -2.72. The Morgan fingerprint density at radius 1 is 0.956 bits per heavy atom. The van der Waals surface area contributed by atoms with E-state index in [2.05, 4.69) is 58.2 Å². The van der Waals surface area contributed by atoms with Gasteiger partial charge in [0.15, 0.2) is 0 Å². The van der Waals surface area contributed by atoms with Crippen molar-refractivity contribution in [2.45, 2.75) is 125 Å².